The van der Waals surface area contributed by atoms with E-state index in [1.807, 2.05) is 0 Å². The molecule has 1 aromatic rings. The lowest BCUT2D eigenvalue weighted by atomic mass is 10.0. The zero-order chi connectivity index (χ0) is 18.5. The summed E-state index contributed by atoms with van der Waals surface area (Å²) in [6, 6.07) is 9.72. The average molecular weight is 358 g/mol. The highest BCUT2D eigenvalue weighted by molar-refractivity contribution is 5.81. The number of nitrogens with one attached hydrogen (secondary N) is 1. The minimum absolute atomic E-state index is 0.524. The summed E-state index contributed by atoms with van der Waals surface area (Å²) in [5, 5.41) is 3.73. The van der Waals surface area contributed by atoms with Crippen LogP contribution in [0, 0.1) is 5.92 Å². The normalized spacial score (nSPS) is 25.8. The van der Waals surface area contributed by atoms with Crippen molar-refractivity contribution in [1.82, 2.24) is 10.2 Å². The van der Waals surface area contributed by atoms with Gasteiger partial charge in [0.25, 0.3) is 0 Å². The van der Waals surface area contributed by atoms with Crippen LogP contribution in [0.15, 0.2) is 29.3 Å². The molecule has 26 heavy (non-hydrogen) atoms. The van der Waals surface area contributed by atoms with Gasteiger partial charge in [0.2, 0.25) is 0 Å². The van der Waals surface area contributed by atoms with E-state index in [4.69, 9.17) is 9.73 Å². The maximum Gasteiger partial charge on any atom is 0.194 e. The van der Waals surface area contributed by atoms with E-state index in [2.05, 4.69) is 62.2 Å². The summed E-state index contributed by atoms with van der Waals surface area (Å²) in [5.74, 6) is 2.95. The van der Waals surface area contributed by atoms with Crippen LogP contribution < -0.4 is 5.32 Å². The lowest BCUT2D eigenvalue weighted by Crippen LogP contribution is -2.42. The first kappa shape index (κ1) is 19.2. The zero-order valence-electron chi connectivity index (χ0n) is 16.9. The Balaban J connectivity index is 1.54. The van der Waals surface area contributed by atoms with Crippen LogP contribution in [0.25, 0.3) is 0 Å². The fourth-order valence-electron chi connectivity index (χ4n) is 3.85. The Labute approximate surface area is 159 Å². The molecule has 3 atom stereocenters. The first-order valence-corrected chi connectivity index (χ1v) is 10.4. The summed E-state index contributed by atoms with van der Waals surface area (Å²) >= 11 is 0. The Kier molecular flexibility index (Phi) is 6.58. The third kappa shape index (κ3) is 4.79. The minimum Gasteiger partial charge on any atom is -0.381 e. The van der Waals surface area contributed by atoms with Gasteiger partial charge in [-0.15, -0.1) is 0 Å². The molecule has 1 heterocycles. The second-order valence-electron chi connectivity index (χ2n) is 7.97. The molecule has 4 heteroatoms. The van der Waals surface area contributed by atoms with Gasteiger partial charge in [-0.3, -0.25) is 4.99 Å². The fourth-order valence-corrected chi connectivity index (χ4v) is 3.85. The second kappa shape index (κ2) is 8.90. The lowest BCUT2D eigenvalue weighted by molar-refractivity contribution is 0.114. The van der Waals surface area contributed by atoms with Crippen LogP contribution in [-0.4, -0.2) is 49.7 Å². The van der Waals surface area contributed by atoms with E-state index < -0.39 is 0 Å². The highest BCUT2D eigenvalue weighted by Crippen LogP contribution is 2.41. The quantitative estimate of drug-likeness (QED) is 0.592. The van der Waals surface area contributed by atoms with Gasteiger partial charge in [-0.05, 0) is 43.7 Å². The van der Waals surface area contributed by atoms with Gasteiger partial charge >= 0.3 is 0 Å². The molecule has 144 valence electrons. The van der Waals surface area contributed by atoms with Gasteiger partial charge in [0.05, 0.1) is 6.61 Å². The van der Waals surface area contributed by atoms with Gasteiger partial charge < -0.3 is 15.0 Å². The summed E-state index contributed by atoms with van der Waals surface area (Å²) in [5.41, 5.74) is 2.88. The van der Waals surface area contributed by atoms with Crippen molar-refractivity contribution in [2.75, 3.05) is 32.8 Å². The number of likely N-dealkylation sites (tertiary alicyclic amines) is 1. The molecule has 0 radical (unpaired) electrons. The van der Waals surface area contributed by atoms with E-state index in [0.717, 1.165) is 38.8 Å². The van der Waals surface area contributed by atoms with Gasteiger partial charge in [-0.2, -0.15) is 0 Å². The number of benzene rings is 1. The predicted molar refractivity (Wildman–Crippen MR) is 109 cm³/mol. The molecule has 1 aliphatic heterocycles. The number of hydrogen-bond acceptors (Lipinski definition) is 2. The molecule has 2 aliphatic rings. The van der Waals surface area contributed by atoms with Crippen molar-refractivity contribution in [3.05, 3.63) is 35.4 Å². The molecule has 0 spiro atoms. The maximum absolute atomic E-state index is 5.61. The minimum atomic E-state index is 0.524. The fraction of sp³-hybridized carbons (Fsp3) is 0.682. The van der Waals surface area contributed by atoms with Crippen molar-refractivity contribution >= 4 is 5.96 Å². The zero-order valence-corrected chi connectivity index (χ0v) is 16.9. The van der Waals surface area contributed by atoms with Crippen LogP contribution in [-0.2, 0) is 4.74 Å². The molecule has 0 aromatic heterocycles. The van der Waals surface area contributed by atoms with Crippen molar-refractivity contribution in [2.24, 2.45) is 10.9 Å². The van der Waals surface area contributed by atoms with Gasteiger partial charge in [-0.1, -0.05) is 38.1 Å². The molecular weight excluding hydrogens is 322 g/mol. The molecule has 2 fully saturated rings. The smallest absolute Gasteiger partial charge is 0.194 e. The van der Waals surface area contributed by atoms with Crippen molar-refractivity contribution in [3.63, 3.8) is 0 Å². The second-order valence-corrected chi connectivity index (χ2v) is 7.97. The van der Waals surface area contributed by atoms with E-state index in [9.17, 15) is 0 Å². The van der Waals surface area contributed by atoms with Crippen LogP contribution in [0.2, 0.25) is 0 Å². The molecule has 1 N–H and O–H groups in total. The summed E-state index contributed by atoms with van der Waals surface area (Å²) in [7, 11) is 0. The van der Waals surface area contributed by atoms with Crippen molar-refractivity contribution in [2.45, 2.75) is 58.4 Å². The summed E-state index contributed by atoms with van der Waals surface area (Å²) in [6.07, 6.45) is 2.41. The summed E-state index contributed by atoms with van der Waals surface area (Å²) in [4.78, 5) is 7.18. The number of rotatable bonds is 7. The molecule has 3 rings (SSSR count). The molecular formula is C22H35N3O. The van der Waals surface area contributed by atoms with Crippen molar-refractivity contribution < 1.29 is 4.74 Å². The molecule has 1 saturated carbocycles. The van der Waals surface area contributed by atoms with Gasteiger partial charge in [0, 0.05) is 44.1 Å². The topological polar surface area (TPSA) is 36.9 Å². The van der Waals surface area contributed by atoms with E-state index in [1.165, 1.54) is 24.0 Å². The third-order valence-corrected chi connectivity index (χ3v) is 5.59. The number of nitrogens with zero attached hydrogens (tertiary/aromatic N) is 2. The Morgan fingerprint density at radius 1 is 1.27 bits per heavy atom. The first-order valence-electron chi connectivity index (χ1n) is 10.4. The SMILES string of the molecule is CCN=C(NC1CC1c1ccc(C(C)C)cc1)N1CCC(COCC)C1. The average Bonchev–Trinajstić information content (AvgIpc) is 3.25. The Hall–Kier alpha value is -1.55. The molecule has 1 aromatic carbocycles. The molecule has 0 amide bonds. The highest BCUT2D eigenvalue weighted by atomic mass is 16.5. The summed E-state index contributed by atoms with van der Waals surface area (Å²) in [6.45, 7) is 13.3. The third-order valence-electron chi connectivity index (χ3n) is 5.59. The maximum atomic E-state index is 5.61. The largest absolute Gasteiger partial charge is 0.381 e. The van der Waals surface area contributed by atoms with Crippen LogP contribution >= 0.6 is 0 Å². The number of ether oxygens (including phenoxy) is 1. The van der Waals surface area contributed by atoms with Gasteiger partial charge in [0.15, 0.2) is 5.96 Å². The first-order chi connectivity index (χ1) is 12.6. The Bertz CT molecular complexity index is 596. The Morgan fingerprint density at radius 3 is 2.69 bits per heavy atom. The standard InChI is InChI=1S/C22H35N3O/c1-5-23-22(25-12-11-17(14-25)15-26-6-2)24-21-13-20(21)19-9-7-18(8-10-19)16(3)4/h7-10,16-17,20-21H,5-6,11-15H2,1-4H3,(H,23,24). The summed E-state index contributed by atoms with van der Waals surface area (Å²) < 4.78 is 5.61. The van der Waals surface area contributed by atoms with Crippen LogP contribution in [0.1, 0.15) is 63.5 Å². The van der Waals surface area contributed by atoms with E-state index in [0.29, 0.717) is 23.8 Å². The molecule has 0 bridgehead atoms. The van der Waals surface area contributed by atoms with Gasteiger partial charge in [0.1, 0.15) is 0 Å². The molecule has 3 unspecified atom stereocenters. The highest BCUT2D eigenvalue weighted by Gasteiger charge is 2.40. The van der Waals surface area contributed by atoms with E-state index in [1.54, 1.807) is 0 Å². The van der Waals surface area contributed by atoms with Crippen LogP contribution in [0.4, 0.5) is 0 Å². The lowest BCUT2D eigenvalue weighted by Gasteiger charge is -2.22. The van der Waals surface area contributed by atoms with E-state index in [-0.39, 0.29) is 0 Å². The molecule has 1 aliphatic carbocycles. The number of aliphatic imine (C=N–C) groups is 1. The number of hydrogen-bond donors (Lipinski definition) is 1. The van der Waals surface area contributed by atoms with Gasteiger partial charge in [-0.25, -0.2) is 0 Å². The molecule has 1 saturated heterocycles. The van der Waals surface area contributed by atoms with Crippen molar-refractivity contribution in [3.8, 4) is 0 Å². The Morgan fingerprint density at radius 2 is 2.04 bits per heavy atom. The van der Waals surface area contributed by atoms with Crippen molar-refractivity contribution in [1.29, 1.82) is 0 Å². The monoisotopic (exact) mass is 357 g/mol. The predicted octanol–water partition coefficient (Wildman–Crippen LogP) is 3.99. The number of guanidine groups is 1. The van der Waals surface area contributed by atoms with Crippen LogP contribution in [0.3, 0.4) is 0 Å². The molecule has 4 nitrogen and oxygen atoms in total. The van der Waals surface area contributed by atoms with Crippen LogP contribution in [0.5, 0.6) is 0 Å². The van der Waals surface area contributed by atoms with E-state index >= 15 is 0 Å².